The molecule has 0 aliphatic carbocycles. The van der Waals surface area contributed by atoms with Crippen LogP contribution in [-0.2, 0) is 22.6 Å². The van der Waals surface area contributed by atoms with Crippen molar-refractivity contribution in [2.24, 2.45) is 4.99 Å². The van der Waals surface area contributed by atoms with E-state index in [0.29, 0.717) is 25.5 Å². The molecule has 0 radical (unpaired) electrons. The molecule has 26 heavy (non-hydrogen) atoms. The van der Waals surface area contributed by atoms with E-state index in [4.69, 9.17) is 0 Å². The summed E-state index contributed by atoms with van der Waals surface area (Å²) >= 11 is 0. The molecule has 0 bridgehead atoms. The summed E-state index contributed by atoms with van der Waals surface area (Å²) in [5, 5.41) is 6.09. The zero-order valence-electron chi connectivity index (χ0n) is 14.9. The number of hydrogen-bond donors (Lipinski definition) is 3. The predicted octanol–water partition coefficient (Wildman–Crippen LogP) is 1.74. The number of nitrogens with one attached hydrogen (secondary N) is 3. The molecule has 0 aromatic heterocycles. The number of halogens is 3. The van der Waals surface area contributed by atoms with Crippen LogP contribution in [0.4, 0.5) is 13.2 Å². The maximum atomic E-state index is 12.5. The Morgan fingerprint density at radius 1 is 1.08 bits per heavy atom. The lowest BCUT2D eigenvalue weighted by atomic mass is 10.1. The second-order valence-electron chi connectivity index (χ2n) is 5.43. The molecule has 3 N–H and O–H groups in total. The molecule has 0 aliphatic heterocycles. The van der Waals surface area contributed by atoms with E-state index in [1.54, 1.807) is 6.92 Å². The number of guanidine groups is 1. The van der Waals surface area contributed by atoms with Gasteiger partial charge in [-0.05, 0) is 38.0 Å². The van der Waals surface area contributed by atoms with Crippen molar-refractivity contribution in [3.63, 3.8) is 0 Å². The summed E-state index contributed by atoms with van der Waals surface area (Å²) in [6, 6.07) is 5.03. The topological polar surface area (TPSA) is 82.6 Å². The number of aliphatic imine (C=N–C) groups is 1. The maximum absolute atomic E-state index is 12.5. The fourth-order valence-electron chi connectivity index (χ4n) is 2.00. The first-order valence-electron chi connectivity index (χ1n) is 8.33. The molecule has 0 saturated carbocycles. The lowest BCUT2D eigenvalue weighted by Crippen LogP contribution is -2.39. The van der Waals surface area contributed by atoms with E-state index in [-0.39, 0.29) is 18.8 Å². The van der Waals surface area contributed by atoms with Gasteiger partial charge in [-0.25, -0.2) is 13.1 Å². The van der Waals surface area contributed by atoms with Crippen molar-refractivity contribution in [2.45, 2.75) is 26.4 Å². The van der Waals surface area contributed by atoms with Gasteiger partial charge in [0.2, 0.25) is 10.0 Å². The van der Waals surface area contributed by atoms with Crippen molar-refractivity contribution in [1.82, 2.24) is 15.4 Å². The first kappa shape index (κ1) is 22.2. The van der Waals surface area contributed by atoms with Crippen LogP contribution in [0.3, 0.4) is 0 Å². The summed E-state index contributed by atoms with van der Waals surface area (Å²) in [5.41, 5.74) is 0.107. The molecule has 0 spiro atoms. The quantitative estimate of drug-likeness (QED) is 0.339. The highest BCUT2D eigenvalue weighted by molar-refractivity contribution is 7.89. The van der Waals surface area contributed by atoms with Gasteiger partial charge in [-0.1, -0.05) is 12.1 Å². The van der Waals surface area contributed by atoms with Gasteiger partial charge in [-0.2, -0.15) is 13.2 Å². The van der Waals surface area contributed by atoms with Gasteiger partial charge in [0.25, 0.3) is 0 Å². The number of sulfonamides is 1. The molecule has 1 aromatic carbocycles. The van der Waals surface area contributed by atoms with Gasteiger partial charge in [0, 0.05) is 19.6 Å². The fourth-order valence-corrected chi connectivity index (χ4v) is 2.60. The van der Waals surface area contributed by atoms with E-state index >= 15 is 0 Å². The summed E-state index contributed by atoms with van der Waals surface area (Å²) < 4.78 is 62.7. The van der Waals surface area contributed by atoms with Crippen LogP contribution in [0.15, 0.2) is 29.3 Å². The van der Waals surface area contributed by atoms with Crippen LogP contribution in [0.1, 0.15) is 25.0 Å². The van der Waals surface area contributed by atoms with Crippen molar-refractivity contribution in [1.29, 1.82) is 0 Å². The molecule has 0 saturated heterocycles. The van der Waals surface area contributed by atoms with Crippen LogP contribution in [0.5, 0.6) is 0 Å². The molecule has 6 nitrogen and oxygen atoms in total. The number of hydrogen-bond acceptors (Lipinski definition) is 3. The summed E-state index contributed by atoms with van der Waals surface area (Å²) in [6.07, 6.45) is -3.80. The average molecular weight is 394 g/mol. The molecule has 148 valence electrons. The minimum absolute atomic E-state index is 0.0160. The number of nitrogens with zero attached hydrogens (tertiary/aromatic N) is 1. The molecular weight excluding hydrogens is 369 g/mol. The van der Waals surface area contributed by atoms with Gasteiger partial charge in [0.15, 0.2) is 5.96 Å². The van der Waals surface area contributed by atoms with Gasteiger partial charge in [-0.15, -0.1) is 0 Å². The van der Waals surface area contributed by atoms with Crippen LogP contribution in [0.25, 0.3) is 0 Å². The second-order valence-corrected chi connectivity index (χ2v) is 7.53. The van der Waals surface area contributed by atoms with Crippen molar-refractivity contribution >= 4 is 16.0 Å². The summed E-state index contributed by atoms with van der Waals surface area (Å²) in [4.78, 5) is 4.25. The molecule has 0 heterocycles. The first-order chi connectivity index (χ1) is 12.2. The monoisotopic (exact) mass is 394 g/mol. The molecule has 0 amide bonds. The Kier molecular flexibility index (Phi) is 8.86. The zero-order chi connectivity index (χ0) is 19.6. The third-order valence-corrected chi connectivity index (χ3v) is 4.82. The fraction of sp³-hybridized carbons (Fsp3) is 0.562. The summed E-state index contributed by atoms with van der Waals surface area (Å²) in [5.74, 6) is 0.539. The van der Waals surface area contributed by atoms with Crippen LogP contribution >= 0.6 is 0 Å². The third-order valence-electron chi connectivity index (χ3n) is 3.42. The average Bonchev–Trinajstić information content (AvgIpc) is 2.58. The Balaban J connectivity index is 2.46. The molecule has 0 unspecified atom stereocenters. The predicted molar refractivity (Wildman–Crippen MR) is 96.6 cm³/mol. The third kappa shape index (κ3) is 8.52. The minimum atomic E-state index is -4.33. The second kappa shape index (κ2) is 10.4. The highest BCUT2D eigenvalue weighted by Gasteiger charge is 2.29. The molecule has 1 aromatic rings. The van der Waals surface area contributed by atoms with Crippen molar-refractivity contribution in [3.05, 3.63) is 35.4 Å². The van der Waals surface area contributed by atoms with E-state index in [2.05, 4.69) is 20.3 Å². The van der Waals surface area contributed by atoms with E-state index in [1.807, 2.05) is 6.92 Å². The summed E-state index contributed by atoms with van der Waals surface area (Å²) in [7, 11) is -3.24. The van der Waals surface area contributed by atoms with Gasteiger partial charge in [0.05, 0.1) is 17.9 Å². The van der Waals surface area contributed by atoms with Crippen molar-refractivity contribution in [2.75, 3.05) is 31.9 Å². The van der Waals surface area contributed by atoms with Gasteiger partial charge < -0.3 is 10.6 Å². The Hall–Kier alpha value is -1.81. The molecular formula is C16H25F3N4O2S. The molecule has 1 rings (SSSR count). The van der Waals surface area contributed by atoms with Gasteiger partial charge >= 0.3 is 6.18 Å². The maximum Gasteiger partial charge on any atom is 0.416 e. The van der Waals surface area contributed by atoms with E-state index in [9.17, 15) is 21.6 Å². The lowest BCUT2D eigenvalue weighted by molar-refractivity contribution is -0.137. The van der Waals surface area contributed by atoms with Crippen LogP contribution < -0.4 is 15.4 Å². The molecule has 10 heteroatoms. The number of rotatable bonds is 9. The number of alkyl halides is 3. The Bertz CT molecular complexity index is 674. The van der Waals surface area contributed by atoms with E-state index in [1.165, 1.54) is 12.1 Å². The Labute approximate surface area is 152 Å². The van der Waals surface area contributed by atoms with Crippen LogP contribution in [0, 0.1) is 0 Å². The first-order valence-corrected chi connectivity index (χ1v) is 9.98. The van der Waals surface area contributed by atoms with Gasteiger partial charge in [0.1, 0.15) is 0 Å². The van der Waals surface area contributed by atoms with Crippen molar-refractivity contribution in [3.8, 4) is 0 Å². The molecule has 0 fully saturated rings. The van der Waals surface area contributed by atoms with E-state index < -0.39 is 21.8 Å². The summed E-state index contributed by atoms with van der Waals surface area (Å²) in [6.45, 7) is 5.04. The van der Waals surface area contributed by atoms with Crippen LogP contribution in [-0.4, -0.2) is 46.3 Å². The standard InChI is InChI=1S/C16H25F3N4O2S/c1-3-20-15(22-11-12-23-26(24,25)4-2)21-10-9-13-5-7-14(8-6-13)16(17,18)19/h5-8,23H,3-4,9-12H2,1-2H3,(H2,20,21,22). The number of benzene rings is 1. The molecule has 0 aliphatic rings. The Morgan fingerprint density at radius 2 is 1.73 bits per heavy atom. The highest BCUT2D eigenvalue weighted by atomic mass is 32.2. The van der Waals surface area contributed by atoms with Crippen molar-refractivity contribution < 1.29 is 21.6 Å². The molecule has 0 atom stereocenters. The highest BCUT2D eigenvalue weighted by Crippen LogP contribution is 2.29. The smallest absolute Gasteiger partial charge is 0.357 e. The minimum Gasteiger partial charge on any atom is -0.357 e. The Morgan fingerprint density at radius 3 is 2.27 bits per heavy atom. The van der Waals surface area contributed by atoms with Gasteiger partial charge in [-0.3, -0.25) is 4.99 Å². The SMILES string of the molecule is CCNC(=NCCNS(=O)(=O)CC)NCCc1ccc(C(F)(F)F)cc1. The van der Waals surface area contributed by atoms with E-state index in [0.717, 1.165) is 17.7 Å². The zero-order valence-corrected chi connectivity index (χ0v) is 15.7. The van der Waals surface area contributed by atoms with Crippen LogP contribution in [0.2, 0.25) is 0 Å². The normalized spacial score (nSPS) is 12.9. The largest absolute Gasteiger partial charge is 0.416 e. The lowest BCUT2D eigenvalue weighted by Gasteiger charge is -2.12.